The summed E-state index contributed by atoms with van der Waals surface area (Å²) in [6.07, 6.45) is 8.56. The van der Waals surface area contributed by atoms with Gasteiger partial charge in [0.25, 0.3) is 0 Å². The highest BCUT2D eigenvalue weighted by Crippen LogP contribution is 2.28. The number of amidine groups is 1. The summed E-state index contributed by atoms with van der Waals surface area (Å²) in [7, 11) is 0. The Hall–Kier alpha value is -2.91. The van der Waals surface area contributed by atoms with Crippen molar-refractivity contribution in [3.63, 3.8) is 0 Å². The molecule has 0 saturated carbocycles. The van der Waals surface area contributed by atoms with Gasteiger partial charge in [0.05, 0.1) is 6.33 Å². The first-order chi connectivity index (χ1) is 11.3. The molecule has 0 spiro atoms. The number of nitrogens with zero attached hydrogens (tertiary/aromatic N) is 2. The van der Waals surface area contributed by atoms with Crippen LogP contribution >= 0.6 is 0 Å². The van der Waals surface area contributed by atoms with E-state index >= 15 is 0 Å². The zero-order valence-corrected chi connectivity index (χ0v) is 12.8. The number of benzene rings is 1. The maximum absolute atomic E-state index is 8.07. The number of H-pyrrole nitrogens is 1. The van der Waals surface area contributed by atoms with E-state index in [1.807, 2.05) is 18.2 Å². The van der Waals surface area contributed by atoms with Crippen LogP contribution in [0.1, 0.15) is 36.4 Å². The third-order valence-electron chi connectivity index (χ3n) is 3.87. The molecule has 5 heteroatoms. The number of aliphatic imine (C=N–C) groups is 1. The highest BCUT2D eigenvalue weighted by atomic mass is 15.0. The summed E-state index contributed by atoms with van der Waals surface area (Å²) < 4.78 is 0. The van der Waals surface area contributed by atoms with Crippen LogP contribution in [0.4, 0.5) is 5.82 Å². The summed E-state index contributed by atoms with van der Waals surface area (Å²) in [5.74, 6) is 0.402. The smallest absolute Gasteiger partial charge is 0.172 e. The molecule has 1 aromatic carbocycles. The third-order valence-corrected chi connectivity index (χ3v) is 3.87. The maximum Gasteiger partial charge on any atom is 0.172 e. The van der Waals surface area contributed by atoms with Crippen LogP contribution in [0.5, 0.6) is 0 Å². The molecule has 1 aliphatic carbocycles. The number of nitrogens with two attached hydrogens (primary N) is 1. The number of hydrogen-bond donors (Lipinski definition) is 3. The first kappa shape index (κ1) is 15.0. The fraction of sp³-hybridized carbons (Fsp3) is 0.222. The van der Waals surface area contributed by atoms with E-state index in [4.69, 9.17) is 11.1 Å². The van der Waals surface area contributed by atoms with Crippen molar-refractivity contribution in [3.05, 3.63) is 65.3 Å². The van der Waals surface area contributed by atoms with Crippen molar-refractivity contribution in [1.29, 1.82) is 5.41 Å². The van der Waals surface area contributed by atoms with E-state index in [1.54, 1.807) is 6.21 Å². The Labute approximate surface area is 135 Å². The lowest BCUT2D eigenvalue weighted by molar-refractivity contribution is 0.780. The van der Waals surface area contributed by atoms with Gasteiger partial charge in [-0.15, -0.1) is 5.73 Å². The number of nitrogens with one attached hydrogen (secondary N) is 2. The summed E-state index contributed by atoms with van der Waals surface area (Å²) in [6.45, 7) is 0. The molecule has 1 atom stereocenters. The molecule has 0 radical (unpaired) electrons. The number of rotatable bonds is 4. The number of hydrogen-bond acceptors (Lipinski definition) is 3. The van der Waals surface area contributed by atoms with Gasteiger partial charge in [-0.05, 0) is 36.5 Å². The van der Waals surface area contributed by atoms with Gasteiger partial charge in [-0.1, -0.05) is 30.3 Å². The molecule has 1 aliphatic rings. The second kappa shape index (κ2) is 6.90. The second-order valence-electron chi connectivity index (χ2n) is 5.44. The fourth-order valence-corrected chi connectivity index (χ4v) is 2.66. The van der Waals surface area contributed by atoms with Crippen molar-refractivity contribution < 1.29 is 0 Å². The molecule has 1 aromatic heterocycles. The van der Waals surface area contributed by atoms with E-state index in [0.717, 1.165) is 24.8 Å². The van der Waals surface area contributed by atoms with Crippen molar-refractivity contribution in [2.75, 3.05) is 5.73 Å². The molecule has 116 valence electrons. The summed E-state index contributed by atoms with van der Waals surface area (Å²) in [4.78, 5) is 11.1. The molecule has 0 saturated heterocycles. The Balaban J connectivity index is 1.90. The molecular weight excluding hydrogens is 286 g/mol. The number of anilines is 1. The Morgan fingerprint density at radius 2 is 2.22 bits per heavy atom. The van der Waals surface area contributed by atoms with Crippen LogP contribution in [0.2, 0.25) is 0 Å². The lowest BCUT2D eigenvalue weighted by atomic mass is 9.87. The van der Waals surface area contributed by atoms with E-state index in [9.17, 15) is 0 Å². The van der Waals surface area contributed by atoms with Crippen LogP contribution < -0.4 is 5.73 Å². The van der Waals surface area contributed by atoms with Crippen LogP contribution in [0.15, 0.2) is 59.0 Å². The fourth-order valence-electron chi connectivity index (χ4n) is 2.66. The lowest BCUT2D eigenvalue weighted by Gasteiger charge is -2.17. The van der Waals surface area contributed by atoms with Gasteiger partial charge in [-0.2, -0.15) is 0 Å². The molecule has 2 aromatic rings. The molecule has 0 bridgehead atoms. The number of aromatic nitrogens is 2. The molecule has 1 heterocycles. The molecule has 4 N–H and O–H groups in total. The highest BCUT2D eigenvalue weighted by molar-refractivity contribution is 6.03. The summed E-state index contributed by atoms with van der Waals surface area (Å²) in [5.41, 5.74) is 11.9. The Morgan fingerprint density at radius 3 is 2.87 bits per heavy atom. The predicted molar refractivity (Wildman–Crippen MR) is 93.0 cm³/mol. The molecule has 5 nitrogen and oxygen atoms in total. The van der Waals surface area contributed by atoms with Crippen LogP contribution in [-0.4, -0.2) is 22.0 Å². The predicted octanol–water partition coefficient (Wildman–Crippen LogP) is 3.44. The van der Waals surface area contributed by atoms with Gasteiger partial charge in [0.2, 0.25) is 0 Å². The largest absolute Gasteiger partial charge is 0.382 e. The quantitative estimate of drug-likeness (QED) is 0.459. The van der Waals surface area contributed by atoms with Crippen molar-refractivity contribution in [1.82, 2.24) is 9.97 Å². The third kappa shape index (κ3) is 3.47. The SMILES string of the molecule is N=C(N=CC(C1=C=CCCC1)c1ccccc1)c1[nH]cnc1N. The van der Waals surface area contributed by atoms with Crippen molar-refractivity contribution >= 4 is 17.9 Å². The summed E-state index contributed by atoms with van der Waals surface area (Å²) in [6, 6.07) is 10.2. The van der Waals surface area contributed by atoms with E-state index in [-0.39, 0.29) is 11.8 Å². The molecule has 0 aliphatic heterocycles. The van der Waals surface area contributed by atoms with E-state index in [1.165, 1.54) is 11.9 Å². The molecule has 23 heavy (non-hydrogen) atoms. The van der Waals surface area contributed by atoms with Crippen molar-refractivity contribution in [2.24, 2.45) is 4.99 Å². The summed E-state index contributed by atoms with van der Waals surface area (Å²) >= 11 is 0. The number of imidazole rings is 1. The average Bonchev–Trinajstić information content (AvgIpc) is 3.03. The van der Waals surface area contributed by atoms with Gasteiger partial charge < -0.3 is 10.7 Å². The minimum Gasteiger partial charge on any atom is -0.382 e. The molecule has 0 fully saturated rings. The molecule has 1 unspecified atom stereocenters. The normalized spacial score (nSPS) is 15.6. The van der Waals surface area contributed by atoms with E-state index in [2.05, 4.69) is 38.9 Å². The Bertz CT molecular complexity index is 779. The Kier molecular flexibility index (Phi) is 4.50. The van der Waals surface area contributed by atoms with Crippen molar-refractivity contribution in [2.45, 2.75) is 25.2 Å². The number of allylic oxidation sites excluding steroid dienone is 1. The van der Waals surface area contributed by atoms with Gasteiger partial charge in [0.15, 0.2) is 11.7 Å². The number of nitrogen functional groups attached to an aromatic ring is 1. The average molecular weight is 305 g/mol. The van der Waals surface area contributed by atoms with Gasteiger partial charge in [-0.3, -0.25) is 5.41 Å². The van der Waals surface area contributed by atoms with Gasteiger partial charge in [-0.25, -0.2) is 9.98 Å². The highest BCUT2D eigenvalue weighted by Gasteiger charge is 2.16. The van der Waals surface area contributed by atoms with E-state index < -0.39 is 0 Å². The van der Waals surface area contributed by atoms with Crippen LogP contribution in [0, 0.1) is 5.41 Å². The minimum atomic E-state index is 0.0252. The maximum atomic E-state index is 8.07. The lowest BCUT2D eigenvalue weighted by Crippen LogP contribution is -2.08. The van der Waals surface area contributed by atoms with Gasteiger partial charge in [0, 0.05) is 12.1 Å². The molecule has 3 rings (SSSR count). The monoisotopic (exact) mass is 305 g/mol. The van der Waals surface area contributed by atoms with Crippen molar-refractivity contribution in [3.8, 4) is 0 Å². The van der Waals surface area contributed by atoms with Crippen LogP contribution in [0.3, 0.4) is 0 Å². The zero-order valence-electron chi connectivity index (χ0n) is 12.8. The summed E-state index contributed by atoms with van der Waals surface area (Å²) in [5, 5.41) is 8.07. The standard InChI is InChI=1S/C18H19N5/c19-17(16-18(20)23-12-22-16)21-11-15(13-7-3-1-4-8-13)14-9-5-2-6-10-14/h1,3-5,7-8,11-12,15,19H,2,6,10,20H2,(H,22,23). The Morgan fingerprint density at radius 1 is 1.39 bits per heavy atom. The van der Waals surface area contributed by atoms with Gasteiger partial charge in [0.1, 0.15) is 5.69 Å². The molecular formula is C18H19N5. The first-order valence-electron chi connectivity index (χ1n) is 7.66. The second-order valence-corrected chi connectivity index (χ2v) is 5.44. The number of aromatic amines is 1. The van der Waals surface area contributed by atoms with Gasteiger partial charge >= 0.3 is 0 Å². The van der Waals surface area contributed by atoms with E-state index in [0.29, 0.717) is 11.5 Å². The topological polar surface area (TPSA) is 90.9 Å². The van der Waals surface area contributed by atoms with Crippen LogP contribution in [-0.2, 0) is 0 Å². The zero-order chi connectivity index (χ0) is 16.1. The first-order valence-corrected chi connectivity index (χ1v) is 7.66. The molecule has 0 amide bonds. The van der Waals surface area contributed by atoms with Crippen LogP contribution in [0.25, 0.3) is 0 Å². The minimum absolute atomic E-state index is 0.0252.